The summed E-state index contributed by atoms with van der Waals surface area (Å²) >= 11 is 0. The second-order valence-corrected chi connectivity index (χ2v) is 8.46. The molecule has 1 atom stereocenters. The van der Waals surface area contributed by atoms with E-state index in [1.165, 1.54) is 16.7 Å². The van der Waals surface area contributed by atoms with Crippen molar-refractivity contribution >= 4 is 21.3 Å². The number of carbonyl (C=O) groups excluding carboxylic acids is 1. The van der Waals surface area contributed by atoms with Crippen LogP contribution in [0.1, 0.15) is 24.0 Å². The number of amides is 1. The van der Waals surface area contributed by atoms with Crippen LogP contribution < -0.4 is 0 Å². The first-order valence-corrected chi connectivity index (χ1v) is 9.52. The molecule has 0 saturated carbocycles. The van der Waals surface area contributed by atoms with Gasteiger partial charge in [0.05, 0.1) is 17.4 Å². The molecule has 5 heteroatoms. The molecule has 2 aliphatic rings. The van der Waals surface area contributed by atoms with Crippen LogP contribution >= 0.6 is 0 Å². The number of aryl methyl sites for hydroxylation is 1. The van der Waals surface area contributed by atoms with E-state index in [1.807, 2.05) is 0 Å². The van der Waals surface area contributed by atoms with Gasteiger partial charge in [-0.05, 0) is 30.9 Å². The fourth-order valence-electron chi connectivity index (χ4n) is 3.15. The fourth-order valence-corrected chi connectivity index (χ4v) is 4.88. The molecular weight excluding hydrogens is 298 g/mol. The van der Waals surface area contributed by atoms with Crippen molar-refractivity contribution in [1.82, 2.24) is 4.90 Å². The number of hydrogen-bond acceptors (Lipinski definition) is 3. The lowest BCUT2D eigenvalue weighted by atomic mass is 9.97. The quantitative estimate of drug-likeness (QED) is 0.838. The van der Waals surface area contributed by atoms with Gasteiger partial charge < -0.3 is 4.90 Å². The number of sulfone groups is 1. The van der Waals surface area contributed by atoms with Crippen LogP contribution in [-0.2, 0) is 14.6 Å². The van der Waals surface area contributed by atoms with Crippen molar-refractivity contribution < 1.29 is 13.2 Å². The molecule has 1 fully saturated rings. The van der Waals surface area contributed by atoms with Crippen molar-refractivity contribution in [1.29, 1.82) is 0 Å². The van der Waals surface area contributed by atoms with Crippen molar-refractivity contribution in [2.45, 2.75) is 19.8 Å². The van der Waals surface area contributed by atoms with Crippen molar-refractivity contribution in [3.63, 3.8) is 0 Å². The van der Waals surface area contributed by atoms with Gasteiger partial charge in [0.1, 0.15) is 0 Å². The van der Waals surface area contributed by atoms with Gasteiger partial charge in [-0.25, -0.2) is 8.42 Å². The largest absolute Gasteiger partial charge is 0.338 e. The van der Waals surface area contributed by atoms with E-state index >= 15 is 0 Å². The minimum Gasteiger partial charge on any atom is -0.338 e. The standard InChI is InChI=1S/C17H21NO3S/c1-13-2-4-14(5-3-13)15-6-9-18(10-7-15)17(19)16-8-11-22(20,21)12-16/h2-6,16H,7-12H2,1H3/t16-/m0/s1. The van der Waals surface area contributed by atoms with Gasteiger partial charge >= 0.3 is 0 Å². The molecule has 0 N–H and O–H groups in total. The maximum atomic E-state index is 12.4. The second kappa shape index (κ2) is 5.88. The third kappa shape index (κ3) is 3.24. The van der Waals surface area contributed by atoms with Gasteiger partial charge in [0.25, 0.3) is 0 Å². The zero-order chi connectivity index (χ0) is 15.7. The summed E-state index contributed by atoms with van der Waals surface area (Å²) in [5, 5.41) is 0. The first-order chi connectivity index (χ1) is 10.4. The van der Waals surface area contributed by atoms with Crippen molar-refractivity contribution in [3.05, 3.63) is 41.5 Å². The molecule has 1 amide bonds. The first-order valence-electron chi connectivity index (χ1n) is 7.70. The summed E-state index contributed by atoms with van der Waals surface area (Å²) in [6.45, 7) is 3.32. The highest BCUT2D eigenvalue weighted by molar-refractivity contribution is 7.91. The molecule has 1 saturated heterocycles. The van der Waals surface area contributed by atoms with Crippen LogP contribution in [0.3, 0.4) is 0 Å². The van der Waals surface area contributed by atoms with E-state index in [0.717, 1.165) is 6.42 Å². The number of rotatable bonds is 2. The molecule has 2 heterocycles. The van der Waals surface area contributed by atoms with E-state index in [9.17, 15) is 13.2 Å². The fraction of sp³-hybridized carbons (Fsp3) is 0.471. The third-order valence-corrected chi connectivity index (χ3v) is 6.29. The summed E-state index contributed by atoms with van der Waals surface area (Å²) in [4.78, 5) is 14.2. The van der Waals surface area contributed by atoms with Crippen LogP contribution in [0.25, 0.3) is 5.57 Å². The molecule has 0 unspecified atom stereocenters. The van der Waals surface area contributed by atoms with Crippen LogP contribution in [0.5, 0.6) is 0 Å². The topological polar surface area (TPSA) is 54.5 Å². The number of carbonyl (C=O) groups is 1. The molecule has 2 aliphatic heterocycles. The Hall–Kier alpha value is -1.62. The molecule has 4 nitrogen and oxygen atoms in total. The Morgan fingerprint density at radius 3 is 2.50 bits per heavy atom. The number of benzene rings is 1. The average Bonchev–Trinajstić information content (AvgIpc) is 2.88. The predicted octanol–water partition coefficient (Wildman–Crippen LogP) is 2.05. The van der Waals surface area contributed by atoms with Gasteiger partial charge in [0.2, 0.25) is 5.91 Å². The normalized spacial score (nSPS) is 24.1. The van der Waals surface area contributed by atoms with Gasteiger partial charge in [0, 0.05) is 13.1 Å². The van der Waals surface area contributed by atoms with E-state index < -0.39 is 9.84 Å². The molecule has 0 aliphatic carbocycles. The average molecular weight is 319 g/mol. The van der Waals surface area contributed by atoms with Crippen LogP contribution in [0, 0.1) is 12.8 Å². The molecule has 0 radical (unpaired) electrons. The van der Waals surface area contributed by atoms with Crippen molar-refractivity contribution in [2.24, 2.45) is 5.92 Å². The molecule has 1 aromatic carbocycles. The molecular formula is C17H21NO3S. The number of hydrogen-bond donors (Lipinski definition) is 0. The molecule has 22 heavy (non-hydrogen) atoms. The highest BCUT2D eigenvalue weighted by Crippen LogP contribution is 2.26. The highest BCUT2D eigenvalue weighted by Gasteiger charge is 2.35. The summed E-state index contributed by atoms with van der Waals surface area (Å²) in [7, 11) is -3.00. The summed E-state index contributed by atoms with van der Waals surface area (Å²) in [5.74, 6) is -0.155. The van der Waals surface area contributed by atoms with E-state index in [1.54, 1.807) is 4.90 Å². The molecule has 0 spiro atoms. The van der Waals surface area contributed by atoms with E-state index in [4.69, 9.17) is 0 Å². The summed E-state index contributed by atoms with van der Waals surface area (Å²) in [5.41, 5.74) is 3.71. The van der Waals surface area contributed by atoms with Gasteiger partial charge in [-0.2, -0.15) is 0 Å². The van der Waals surface area contributed by atoms with Gasteiger partial charge in [-0.3, -0.25) is 4.79 Å². The van der Waals surface area contributed by atoms with Gasteiger partial charge in [-0.1, -0.05) is 35.9 Å². The first kappa shape index (κ1) is 15.3. The minimum absolute atomic E-state index is 0.000260. The smallest absolute Gasteiger partial charge is 0.227 e. The third-order valence-electron chi connectivity index (χ3n) is 4.52. The Morgan fingerprint density at radius 1 is 1.23 bits per heavy atom. The Bertz CT molecular complexity index is 704. The van der Waals surface area contributed by atoms with Crippen LogP contribution in [0.4, 0.5) is 0 Å². The predicted molar refractivity (Wildman–Crippen MR) is 87.1 cm³/mol. The summed E-state index contributed by atoms with van der Waals surface area (Å²) in [6.07, 6.45) is 3.40. The summed E-state index contributed by atoms with van der Waals surface area (Å²) < 4.78 is 23.0. The monoisotopic (exact) mass is 319 g/mol. The maximum Gasteiger partial charge on any atom is 0.227 e. The molecule has 3 rings (SSSR count). The van der Waals surface area contributed by atoms with Crippen molar-refractivity contribution in [2.75, 3.05) is 24.6 Å². The Morgan fingerprint density at radius 2 is 1.95 bits per heavy atom. The van der Waals surface area contributed by atoms with E-state index in [2.05, 4.69) is 37.3 Å². The second-order valence-electron chi connectivity index (χ2n) is 6.23. The van der Waals surface area contributed by atoms with E-state index in [0.29, 0.717) is 19.5 Å². The highest BCUT2D eigenvalue weighted by atomic mass is 32.2. The lowest BCUT2D eigenvalue weighted by Crippen LogP contribution is -2.39. The molecule has 0 bridgehead atoms. The van der Waals surface area contributed by atoms with Crippen LogP contribution in [0.2, 0.25) is 0 Å². The number of nitrogens with zero attached hydrogens (tertiary/aromatic N) is 1. The lowest BCUT2D eigenvalue weighted by Gasteiger charge is -2.28. The van der Waals surface area contributed by atoms with Gasteiger partial charge in [-0.15, -0.1) is 0 Å². The molecule has 118 valence electrons. The van der Waals surface area contributed by atoms with Crippen LogP contribution in [0.15, 0.2) is 30.3 Å². The van der Waals surface area contributed by atoms with E-state index in [-0.39, 0.29) is 23.3 Å². The van der Waals surface area contributed by atoms with Gasteiger partial charge in [0.15, 0.2) is 9.84 Å². The SMILES string of the molecule is Cc1ccc(C2=CCN(C(=O)[C@H]3CCS(=O)(=O)C3)CC2)cc1. The summed E-state index contributed by atoms with van der Waals surface area (Å²) in [6, 6.07) is 8.42. The minimum atomic E-state index is -3.00. The zero-order valence-electron chi connectivity index (χ0n) is 12.8. The lowest BCUT2D eigenvalue weighted by molar-refractivity contribution is -0.134. The Balaban J connectivity index is 1.66. The zero-order valence-corrected chi connectivity index (χ0v) is 13.6. The Labute approximate surface area is 131 Å². The van der Waals surface area contributed by atoms with Crippen molar-refractivity contribution in [3.8, 4) is 0 Å². The molecule has 1 aromatic rings. The van der Waals surface area contributed by atoms with Crippen LogP contribution in [-0.4, -0.2) is 43.8 Å². The maximum absolute atomic E-state index is 12.4. The Kier molecular flexibility index (Phi) is 4.08. The molecule has 0 aromatic heterocycles.